The standard InChI is InChI=1S/C11H13BrFNO/c12-7-1-2-8-14-11(15)9-3-5-10(13)6-4-9/h3-6H,1-2,7-8H2,(H,14,15). The van der Waals surface area contributed by atoms with Crippen LogP contribution in [0.3, 0.4) is 0 Å². The van der Waals surface area contributed by atoms with Gasteiger partial charge in [-0.2, -0.15) is 0 Å². The van der Waals surface area contributed by atoms with Crippen molar-refractivity contribution in [2.75, 3.05) is 11.9 Å². The summed E-state index contributed by atoms with van der Waals surface area (Å²) in [4.78, 5) is 11.5. The van der Waals surface area contributed by atoms with Gasteiger partial charge in [-0.05, 0) is 37.1 Å². The highest BCUT2D eigenvalue weighted by atomic mass is 79.9. The van der Waals surface area contributed by atoms with Crippen LogP contribution in [-0.2, 0) is 0 Å². The van der Waals surface area contributed by atoms with Gasteiger partial charge in [0.1, 0.15) is 5.82 Å². The number of carbonyl (C=O) groups is 1. The Bertz CT molecular complexity index is 313. The highest BCUT2D eigenvalue weighted by Crippen LogP contribution is 2.02. The monoisotopic (exact) mass is 273 g/mol. The largest absolute Gasteiger partial charge is 0.352 e. The molecule has 0 aliphatic rings. The second-order valence-corrected chi connectivity index (χ2v) is 3.95. The molecule has 0 bridgehead atoms. The molecule has 4 heteroatoms. The van der Waals surface area contributed by atoms with Crippen molar-refractivity contribution in [3.05, 3.63) is 35.6 Å². The van der Waals surface area contributed by atoms with Crippen LogP contribution in [0.15, 0.2) is 24.3 Å². The number of alkyl halides is 1. The fourth-order valence-electron chi connectivity index (χ4n) is 1.12. The van der Waals surface area contributed by atoms with Gasteiger partial charge in [-0.3, -0.25) is 4.79 Å². The van der Waals surface area contributed by atoms with Crippen molar-refractivity contribution < 1.29 is 9.18 Å². The van der Waals surface area contributed by atoms with Crippen LogP contribution >= 0.6 is 15.9 Å². The lowest BCUT2D eigenvalue weighted by Gasteiger charge is -2.03. The molecule has 1 aromatic rings. The molecule has 0 fully saturated rings. The van der Waals surface area contributed by atoms with E-state index in [9.17, 15) is 9.18 Å². The molecule has 1 N–H and O–H groups in total. The predicted octanol–water partition coefficient (Wildman–Crippen LogP) is 2.73. The smallest absolute Gasteiger partial charge is 0.251 e. The third-order valence-corrected chi connectivity index (χ3v) is 2.51. The van der Waals surface area contributed by atoms with E-state index in [2.05, 4.69) is 21.2 Å². The van der Waals surface area contributed by atoms with Crippen LogP contribution in [0.1, 0.15) is 23.2 Å². The fourth-order valence-corrected chi connectivity index (χ4v) is 1.52. The van der Waals surface area contributed by atoms with E-state index in [-0.39, 0.29) is 11.7 Å². The van der Waals surface area contributed by atoms with Gasteiger partial charge >= 0.3 is 0 Å². The molecule has 0 unspecified atom stereocenters. The van der Waals surface area contributed by atoms with E-state index in [0.717, 1.165) is 18.2 Å². The Morgan fingerprint density at radius 1 is 1.27 bits per heavy atom. The van der Waals surface area contributed by atoms with E-state index in [1.807, 2.05) is 0 Å². The van der Waals surface area contributed by atoms with Gasteiger partial charge in [0.2, 0.25) is 0 Å². The summed E-state index contributed by atoms with van der Waals surface area (Å²) >= 11 is 3.32. The lowest BCUT2D eigenvalue weighted by molar-refractivity contribution is 0.0953. The summed E-state index contributed by atoms with van der Waals surface area (Å²) in [7, 11) is 0. The number of benzene rings is 1. The van der Waals surface area contributed by atoms with Crippen LogP contribution in [0.25, 0.3) is 0 Å². The van der Waals surface area contributed by atoms with Crippen LogP contribution in [0.4, 0.5) is 4.39 Å². The minimum atomic E-state index is -0.328. The Morgan fingerprint density at radius 2 is 1.93 bits per heavy atom. The molecule has 1 amide bonds. The Morgan fingerprint density at radius 3 is 2.53 bits per heavy atom. The number of rotatable bonds is 5. The van der Waals surface area contributed by atoms with Gasteiger partial charge in [-0.1, -0.05) is 15.9 Å². The molecule has 2 nitrogen and oxygen atoms in total. The first-order valence-electron chi connectivity index (χ1n) is 4.84. The van der Waals surface area contributed by atoms with Crippen LogP contribution < -0.4 is 5.32 Å². The maximum absolute atomic E-state index is 12.6. The first kappa shape index (κ1) is 12.2. The van der Waals surface area contributed by atoms with Crippen LogP contribution in [0, 0.1) is 5.82 Å². The summed E-state index contributed by atoms with van der Waals surface area (Å²) in [6.45, 7) is 0.655. The third-order valence-electron chi connectivity index (χ3n) is 1.95. The van der Waals surface area contributed by atoms with E-state index in [0.29, 0.717) is 12.1 Å². The molecule has 0 aliphatic heterocycles. The molecular weight excluding hydrogens is 261 g/mol. The topological polar surface area (TPSA) is 29.1 Å². The zero-order valence-corrected chi connectivity index (χ0v) is 9.89. The summed E-state index contributed by atoms with van der Waals surface area (Å²) < 4.78 is 12.6. The van der Waals surface area contributed by atoms with Crippen molar-refractivity contribution in [2.24, 2.45) is 0 Å². The van der Waals surface area contributed by atoms with Gasteiger partial charge in [0.15, 0.2) is 0 Å². The number of carbonyl (C=O) groups excluding carboxylic acids is 1. The SMILES string of the molecule is O=C(NCCCCBr)c1ccc(F)cc1. The van der Waals surface area contributed by atoms with E-state index in [1.165, 1.54) is 24.3 Å². The zero-order chi connectivity index (χ0) is 11.1. The Labute approximate surface area is 97.0 Å². The molecule has 0 atom stereocenters. The number of unbranched alkanes of at least 4 members (excludes halogenated alkanes) is 1. The van der Waals surface area contributed by atoms with Crippen LogP contribution in [0.5, 0.6) is 0 Å². The average molecular weight is 274 g/mol. The summed E-state index contributed by atoms with van der Waals surface area (Å²) in [5.74, 6) is -0.476. The van der Waals surface area contributed by atoms with Crippen molar-refractivity contribution in [1.82, 2.24) is 5.32 Å². The number of nitrogens with one attached hydrogen (secondary N) is 1. The number of hydrogen-bond acceptors (Lipinski definition) is 1. The van der Waals surface area contributed by atoms with Crippen LogP contribution in [-0.4, -0.2) is 17.8 Å². The molecule has 82 valence electrons. The first-order valence-corrected chi connectivity index (χ1v) is 5.96. The molecule has 15 heavy (non-hydrogen) atoms. The van der Waals surface area contributed by atoms with Gasteiger partial charge in [-0.15, -0.1) is 0 Å². The van der Waals surface area contributed by atoms with E-state index >= 15 is 0 Å². The van der Waals surface area contributed by atoms with Gasteiger partial charge in [0, 0.05) is 17.4 Å². The second kappa shape index (κ2) is 6.56. The van der Waals surface area contributed by atoms with Gasteiger partial charge in [0.05, 0.1) is 0 Å². The summed E-state index contributed by atoms with van der Waals surface area (Å²) in [5.41, 5.74) is 0.496. The summed E-state index contributed by atoms with van der Waals surface area (Å²) in [6.07, 6.45) is 1.97. The summed E-state index contributed by atoms with van der Waals surface area (Å²) in [5, 5.41) is 3.71. The van der Waals surface area contributed by atoms with Crippen LogP contribution in [0.2, 0.25) is 0 Å². The molecule has 0 saturated heterocycles. The molecule has 0 aromatic heterocycles. The van der Waals surface area contributed by atoms with Crippen molar-refractivity contribution in [3.8, 4) is 0 Å². The third kappa shape index (κ3) is 4.42. The van der Waals surface area contributed by atoms with E-state index < -0.39 is 0 Å². The molecule has 0 spiro atoms. The van der Waals surface area contributed by atoms with Crippen molar-refractivity contribution in [3.63, 3.8) is 0 Å². The molecule has 0 radical (unpaired) electrons. The minimum Gasteiger partial charge on any atom is -0.352 e. The number of hydrogen-bond donors (Lipinski definition) is 1. The minimum absolute atomic E-state index is 0.149. The fraction of sp³-hybridized carbons (Fsp3) is 0.364. The maximum atomic E-state index is 12.6. The molecule has 1 rings (SSSR count). The van der Waals surface area contributed by atoms with E-state index in [4.69, 9.17) is 0 Å². The van der Waals surface area contributed by atoms with E-state index in [1.54, 1.807) is 0 Å². The molecule has 0 heterocycles. The summed E-state index contributed by atoms with van der Waals surface area (Å²) in [6, 6.07) is 5.53. The van der Waals surface area contributed by atoms with Crippen molar-refractivity contribution >= 4 is 21.8 Å². The first-order chi connectivity index (χ1) is 7.24. The lowest BCUT2D eigenvalue weighted by atomic mass is 10.2. The highest BCUT2D eigenvalue weighted by molar-refractivity contribution is 9.09. The normalized spacial score (nSPS) is 10.0. The Kier molecular flexibility index (Phi) is 5.32. The van der Waals surface area contributed by atoms with Crippen molar-refractivity contribution in [1.29, 1.82) is 0 Å². The molecule has 0 aliphatic carbocycles. The zero-order valence-electron chi connectivity index (χ0n) is 8.30. The quantitative estimate of drug-likeness (QED) is 0.649. The highest BCUT2D eigenvalue weighted by Gasteiger charge is 2.03. The lowest BCUT2D eigenvalue weighted by Crippen LogP contribution is -2.24. The maximum Gasteiger partial charge on any atom is 0.251 e. The Hall–Kier alpha value is -0.900. The van der Waals surface area contributed by atoms with Gasteiger partial charge < -0.3 is 5.32 Å². The van der Waals surface area contributed by atoms with Gasteiger partial charge in [-0.25, -0.2) is 4.39 Å². The Balaban J connectivity index is 2.37. The number of halogens is 2. The second-order valence-electron chi connectivity index (χ2n) is 3.16. The van der Waals surface area contributed by atoms with Crippen molar-refractivity contribution in [2.45, 2.75) is 12.8 Å². The average Bonchev–Trinajstić information content (AvgIpc) is 2.25. The van der Waals surface area contributed by atoms with Gasteiger partial charge in [0.25, 0.3) is 5.91 Å². The molecular formula is C11H13BrFNO. The number of amides is 1. The molecule has 0 saturated carbocycles. The predicted molar refractivity (Wildman–Crippen MR) is 61.8 cm³/mol. The molecule has 1 aromatic carbocycles.